The van der Waals surface area contributed by atoms with Crippen LogP contribution in [0.25, 0.3) is 0 Å². The Balaban J connectivity index is 1.76. The number of aliphatic imine (C=N–C) groups is 1. The van der Waals surface area contributed by atoms with E-state index >= 15 is 0 Å². The van der Waals surface area contributed by atoms with Crippen LogP contribution >= 0.6 is 11.6 Å². The Morgan fingerprint density at radius 1 is 1.37 bits per heavy atom. The van der Waals surface area contributed by atoms with E-state index in [1.807, 2.05) is 6.07 Å². The number of halogens is 1. The van der Waals surface area contributed by atoms with Crippen LogP contribution in [-0.4, -0.2) is 63.2 Å². The van der Waals surface area contributed by atoms with E-state index in [0.29, 0.717) is 47.3 Å². The number of aromatic nitrogens is 2. The second-order valence-corrected chi connectivity index (χ2v) is 10.2. The standard InChI is InChI=1S/C25H34ClN7O2/c1-7-22(34)33-9-8-15(14-33)31(5)24(35)20-12-29-21(32(20)6)13-30-23(28)16-10-17(25(2,3)4)18(26)11-19(16)27/h7,10-12,15H,1,8-9,13-14,27H2,2-6H3,(H2,28,30)/t15-/m1/s1. The summed E-state index contributed by atoms with van der Waals surface area (Å²) in [5.41, 5.74) is 14.7. The highest BCUT2D eigenvalue weighted by Crippen LogP contribution is 2.33. The molecule has 1 aliphatic rings. The lowest BCUT2D eigenvalue weighted by Gasteiger charge is -2.24. The maximum atomic E-state index is 13.1. The van der Waals surface area contributed by atoms with Crippen LogP contribution in [0.5, 0.6) is 0 Å². The van der Waals surface area contributed by atoms with Crippen molar-refractivity contribution >= 4 is 34.9 Å². The van der Waals surface area contributed by atoms with Crippen molar-refractivity contribution in [1.82, 2.24) is 19.4 Å². The maximum Gasteiger partial charge on any atom is 0.272 e. The molecule has 0 radical (unpaired) electrons. The molecule has 35 heavy (non-hydrogen) atoms. The van der Waals surface area contributed by atoms with Gasteiger partial charge in [0.25, 0.3) is 5.91 Å². The quantitative estimate of drug-likeness (QED) is 0.274. The normalized spacial score (nSPS) is 16.5. The molecule has 0 saturated carbocycles. The Morgan fingerprint density at radius 2 is 2.06 bits per heavy atom. The van der Waals surface area contributed by atoms with Gasteiger partial charge in [0.2, 0.25) is 5.91 Å². The second-order valence-electron chi connectivity index (χ2n) is 9.84. The number of amidine groups is 1. The number of imidazole rings is 1. The van der Waals surface area contributed by atoms with Gasteiger partial charge in [-0.3, -0.25) is 14.6 Å². The van der Waals surface area contributed by atoms with Gasteiger partial charge in [0.05, 0.1) is 18.8 Å². The largest absolute Gasteiger partial charge is 0.398 e. The number of nitrogens with zero attached hydrogens (tertiary/aromatic N) is 5. The van der Waals surface area contributed by atoms with Crippen LogP contribution < -0.4 is 11.5 Å². The fourth-order valence-electron chi connectivity index (χ4n) is 4.15. The summed E-state index contributed by atoms with van der Waals surface area (Å²) in [6.07, 6.45) is 3.55. The molecular weight excluding hydrogens is 466 g/mol. The summed E-state index contributed by atoms with van der Waals surface area (Å²) in [6, 6.07) is 3.50. The minimum absolute atomic E-state index is 0.0664. The molecule has 2 amide bonds. The number of nitrogens with two attached hydrogens (primary N) is 2. The average molecular weight is 500 g/mol. The second kappa shape index (κ2) is 10.1. The highest BCUT2D eigenvalue weighted by molar-refractivity contribution is 6.32. The van der Waals surface area contributed by atoms with Crippen molar-refractivity contribution in [2.75, 3.05) is 25.9 Å². The Hall–Kier alpha value is -3.33. The molecule has 3 rings (SSSR count). The van der Waals surface area contributed by atoms with E-state index in [1.165, 1.54) is 12.3 Å². The Bertz CT molecular complexity index is 1180. The van der Waals surface area contributed by atoms with E-state index in [2.05, 4.69) is 37.3 Å². The smallest absolute Gasteiger partial charge is 0.272 e. The van der Waals surface area contributed by atoms with Gasteiger partial charge < -0.3 is 25.8 Å². The van der Waals surface area contributed by atoms with Crippen molar-refractivity contribution in [3.8, 4) is 0 Å². The molecule has 0 spiro atoms. The molecule has 2 heterocycles. The number of carbonyl (C=O) groups is 2. The first-order valence-corrected chi connectivity index (χ1v) is 11.8. The summed E-state index contributed by atoms with van der Waals surface area (Å²) in [5, 5.41) is 0.585. The molecule has 0 bridgehead atoms. The number of amides is 2. The first-order valence-electron chi connectivity index (χ1n) is 11.4. The van der Waals surface area contributed by atoms with Crippen molar-refractivity contribution in [2.45, 2.75) is 45.2 Å². The number of rotatable bonds is 6. The molecule has 0 unspecified atom stereocenters. The summed E-state index contributed by atoms with van der Waals surface area (Å²) in [6.45, 7) is 11.0. The zero-order valence-electron chi connectivity index (χ0n) is 21.0. The van der Waals surface area contributed by atoms with Crippen molar-refractivity contribution in [3.05, 3.63) is 58.7 Å². The van der Waals surface area contributed by atoms with Crippen molar-refractivity contribution < 1.29 is 9.59 Å². The average Bonchev–Trinajstić information content (AvgIpc) is 3.42. The third-order valence-corrected chi connectivity index (χ3v) is 6.75. The van der Waals surface area contributed by atoms with Gasteiger partial charge in [0.1, 0.15) is 17.4 Å². The highest BCUT2D eigenvalue weighted by Gasteiger charge is 2.31. The fourth-order valence-corrected chi connectivity index (χ4v) is 4.61. The molecule has 1 aromatic heterocycles. The van der Waals surface area contributed by atoms with E-state index in [4.69, 9.17) is 23.1 Å². The molecule has 1 aliphatic heterocycles. The highest BCUT2D eigenvalue weighted by atomic mass is 35.5. The molecular formula is C25H34ClN7O2. The van der Waals surface area contributed by atoms with Crippen molar-refractivity contribution in [1.29, 1.82) is 0 Å². The summed E-state index contributed by atoms with van der Waals surface area (Å²) in [7, 11) is 3.51. The van der Waals surface area contributed by atoms with Gasteiger partial charge in [-0.05, 0) is 35.6 Å². The third kappa shape index (κ3) is 5.51. The molecule has 1 atom stereocenters. The topological polar surface area (TPSA) is 123 Å². The molecule has 1 saturated heterocycles. The van der Waals surface area contributed by atoms with Gasteiger partial charge in [-0.15, -0.1) is 0 Å². The van der Waals surface area contributed by atoms with Gasteiger partial charge in [0, 0.05) is 43.5 Å². The van der Waals surface area contributed by atoms with Crippen LogP contribution in [0.3, 0.4) is 0 Å². The van der Waals surface area contributed by atoms with Gasteiger partial charge in [-0.1, -0.05) is 39.0 Å². The van der Waals surface area contributed by atoms with Crippen molar-refractivity contribution in [3.63, 3.8) is 0 Å². The Morgan fingerprint density at radius 3 is 2.69 bits per heavy atom. The Labute approximate surface area is 211 Å². The first kappa shape index (κ1) is 26.3. The van der Waals surface area contributed by atoms with Gasteiger partial charge >= 0.3 is 0 Å². The molecule has 0 aliphatic carbocycles. The van der Waals surface area contributed by atoms with Crippen LogP contribution in [0.4, 0.5) is 5.69 Å². The lowest BCUT2D eigenvalue weighted by molar-refractivity contribution is -0.125. The van der Waals surface area contributed by atoms with Crippen LogP contribution in [0.15, 0.2) is 36.0 Å². The zero-order chi connectivity index (χ0) is 26.1. The van der Waals surface area contributed by atoms with Gasteiger partial charge in [-0.25, -0.2) is 4.98 Å². The van der Waals surface area contributed by atoms with E-state index in [-0.39, 0.29) is 35.7 Å². The lowest BCUT2D eigenvalue weighted by Crippen LogP contribution is -2.40. The predicted octanol–water partition coefficient (Wildman–Crippen LogP) is 2.72. The molecule has 1 aromatic carbocycles. The van der Waals surface area contributed by atoms with E-state index in [1.54, 1.807) is 34.5 Å². The van der Waals surface area contributed by atoms with Gasteiger partial charge in [0.15, 0.2) is 0 Å². The number of likely N-dealkylation sites (tertiary alicyclic amines) is 1. The lowest BCUT2D eigenvalue weighted by atomic mass is 9.85. The van der Waals surface area contributed by atoms with E-state index < -0.39 is 0 Å². The minimum atomic E-state index is -0.184. The number of carbonyl (C=O) groups excluding carboxylic acids is 2. The maximum absolute atomic E-state index is 13.1. The number of hydrogen-bond donors (Lipinski definition) is 2. The molecule has 4 N–H and O–H groups in total. The number of benzene rings is 1. The van der Waals surface area contributed by atoms with E-state index in [0.717, 1.165) is 5.56 Å². The van der Waals surface area contributed by atoms with Crippen LogP contribution in [0.1, 0.15) is 54.6 Å². The predicted molar refractivity (Wildman–Crippen MR) is 139 cm³/mol. The summed E-state index contributed by atoms with van der Waals surface area (Å²) in [4.78, 5) is 37.2. The number of hydrogen-bond acceptors (Lipinski definition) is 5. The molecule has 1 fully saturated rings. The summed E-state index contributed by atoms with van der Waals surface area (Å²) in [5.74, 6) is 0.569. The number of anilines is 1. The first-order chi connectivity index (χ1) is 16.3. The third-order valence-electron chi connectivity index (χ3n) is 6.44. The molecule has 10 heteroatoms. The monoisotopic (exact) mass is 499 g/mol. The van der Waals surface area contributed by atoms with E-state index in [9.17, 15) is 9.59 Å². The molecule has 9 nitrogen and oxygen atoms in total. The zero-order valence-corrected chi connectivity index (χ0v) is 21.8. The molecule has 2 aromatic rings. The van der Waals surface area contributed by atoms with Crippen LogP contribution in [-0.2, 0) is 23.8 Å². The number of likely N-dealkylation sites (N-methyl/N-ethyl adjacent to an activating group) is 1. The van der Waals surface area contributed by atoms with Crippen molar-refractivity contribution in [2.24, 2.45) is 17.8 Å². The minimum Gasteiger partial charge on any atom is -0.398 e. The van der Waals surface area contributed by atoms with Gasteiger partial charge in [-0.2, -0.15) is 0 Å². The summed E-state index contributed by atoms with van der Waals surface area (Å²) < 4.78 is 1.71. The Kier molecular flexibility index (Phi) is 7.59. The fraction of sp³-hybridized carbons (Fsp3) is 0.440. The van der Waals surface area contributed by atoms with Crippen LogP contribution in [0, 0.1) is 0 Å². The number of nitrogen functional groups attached to an aromatic ring is 1. The summed E-state index contributed by atoms with van der Waals surface area (Å²) >= 11 is 6.39. The molecule has 188 valence electrons. The van der Waals surface area contributed by atoms with Crippen LogP contribution in [0.2, 0.25) is 5.02 Å². The SMILES string of the molecule is C=CC(=O)N1CC[C@@H](N(C)C(=O)c2cnc(CN=C(N)c3cc(C(C)(C)C)c(Cl)cc3N)n2C)C1.